The third-order valence-electron chi connectivity index (χ3n) is 5.11. The summed E-state index contributed by atoms with van der Waals surface area (Å²) in [6.45, 7) is 6.08. The molecule has 1 heterocycles. The summed E-state index contributed by atoms with van der Waals surface area (Å²) in [4.78, 5) is 25.8. The molecule has 1 fully saturated rings. The minimum absolute atomic E-state index is 0.192. The molecule has 0 unspecified atom stereocenters. The third kappa shape index (κ3) is 4.83. The average molecular weight is 393 g/mol. The van der Waals surface area contributed by atoms with Gasteiger partial charge in [-0.1, -0.05) is 51.1 Å². The summed E-state index contributed by atoms with van der Waals surface area (Å²) in [6.07, 6.45) is 1.61. The molecule has 1 atom stereocenters. The molecular formula is C22H27N5O2. The van der Waals surface area contributed by atoms with Crippen molar-refractivity contribution in [1.82, 2.24) is 20.4 Å². The van der Waals surface area contributed by atoms with Gasteiger partial charge < -0.3 is 10.6 Å². The summed E-state index contributed by atoms with van der Waals surface area (Å²) < 4.78 is 1.53. The van der Waals surface area contributed by atoms with Gasteiger partial charge in [-0.25, -0.2) is 0 Å². The van der Waals surface area contributed by atoms with Crippen molar-refractivity contribution in [2.75, 3.05) is 0 Å². The van der Waals surface area contributed by atoms with Crippen molar-refractivity contribution in [1.29, 1.82) is 5.26 Å². The van der Waals surface area contributed by atoms with Gasteiger partial charge in [0.05, 0.1) is 11.8 Å². The summed E-state index contributed by atoms with van der Waals surface area (Å²) in [7, 11) is 1.71. The van der Waals surface area contributed by atoms with Gasteiger partial charge in [0.15, 0.2) is 0 Å². The molecule has 7 heteroatoms. The molecule has 0 bridgehead atoms. The molecular weight excluding hydrogens is 366 g/mol. The minimum Gasteiger partial charge on any atom is -0.339 e. The van der Waals surface area contributed by atoms with Gasteiger partial charge in [0.25, 0.3) is 5.91 Å². The number of rotatable bonds is 6. The van der Waals surface area contributed by atoms with Gasteiger partial charge in [-0.15, -0.1) is 0 Å². The van der Waals surface area contributed by atoms with Crippen molar-refractivity contribution in [3.05, 3.63) is 53.3 Å². The highest BCUT2D eigenvalue weighted by molar-refractivity contribution is 5.96. The molecule has 1 saturated carbocycles. The molecule has 1 aliphatic carbocycles. The second-order valence-electron chi connectivity index (χ2n) is 8.69. The SMILES string of the molecule is Cn1nc(C(C)(C)C)cc1C(=O)N[C@@H](Cc1ccccc1)C(=O)NC1(C#N)CC1. The first kappa shape index (κ1) is 20.6. The predicted molar refractivity (Wildman–Crippen MR) is 109 cm³/mol. The van der Waals surface area contributed by atoms with Crippen molar-refractivity contribution < 1.29 is 9.59 Å². The first-order valence-corrected chi connectivity index (χ1v) is 9.76. The molecule has 2 amide bonds. The molecule has 0 radical (unpaired) electrons. The number of carbonyl (C=O) groups is 2. The Labute approximate surface area is 171 Å². The standard InChI is InChI=1S/C22H27N5O2/c1-21(2,3)18-13-17(27(4)26-18)20(29)24-16(12-15-8-6-5-7-9-15)19(28)25-22(14-23)10-11-22/h5-9,13,16H,10-12H2,1-4H3,(H,24,29)(H,25,28)/t16-/m0/s1. The molecule has 1 aromatic carbocycles. The van der Waals surface area contributed by atoms with Crippen LogP contribution >= 0.6 is 0 Å². The van der Waals surface area contributed by atoms with E-state index >= 15 is 0 Å². The highest BCUT2D eigenvalue weighted by Gasteiger charge is 2.45. The molecule has 0 saturated heterocycles. The summed E-state index contributed by atoms with van der Waals surface area (Å²) >= 11 is 0. The Morgan fingerprint density at radius 3 is 2.45 bits per heavy atom. The molecule has 0 spiro atoms. The number of hydrogen-bond donors (Lipinski definition) is 2. The number of benzene rings is 1. The number of carbonyl (C=O) groups excluding carboxylic acids is 2. The van der Waals surface area contributed by atoms with E-state index in [0.29, 0.717) is 25.0 Å². The Morgan fingerprint density at radius 1 is 1.28 bits per heavy atom. The van der Waals surface area contributed by atoms with Crippen LogP contribution < -0.4 is 10.6 Å². The second kappa shape index (κ2) is 7.70. The molecule has 3 rings (SSSR count). The zero-order chi connectivity index (χ0) is 21.2. The van der Waals surface area contributed by atoms with E-state index in [1.54, 1.807) is 13.1 Å². The predicted octanol–water partition coefficient (Wildman–Crippen LogP) is 2.23. The summed E-state index contributed by atoms with van der Waals surface area (Å²) in [5.41, 5.74) is 1.14. The van der Waals surface area contributed by atoms with E-state index in [1.807, 2.05) is 51.1 Å². The van der Waals surface area contributed by atoms with Crippen LogP contribution in [0.15, 0.2) is 36.4 Å². The Morgan fingerprint density at radius 2 is 1.93 bits per heavy atom. The van der Waals surface area contributed by atoms with Crippen molar-refractivity contribution >= 4 is 11.8 Å². The summed E-state index contributed by atoms with van der Waals surface area (Å²) in [5, 5.41) is 19.4. The van der Waals surface area contributed by atoms with Crippen LogP contribution in [0.4, 0.5) is 0 Å². The maximum absolute atomic E-state index is 12.9. The first-order valence-electron chi connectivity index (χ1n) is 9.76. The number of hydrogen-bond acceptors (Lipinski definition) is 4. The van der Waals surface area contributed by atoms with Crippen LogP contribution in [0.5, 0.6) is 0 Å². The lowest BCUT2D eigenvalue weighted by atomic mass is 9.92. The Bertz CT molecular complexity index is 946. The number of amides is 2. The summed E-state index contributed by atoms with van der Waals surface area (Å²) in [6, 6.07) is 12.6. The fourth-order valence-electron chi connectivity index (χ4n) is 3.05. The lowest BCUT2D eigenvalue weighted by Crippen LogP contribution is -2.51. The van der Waals surface area contributed by atoms with Gasteiger partial charge in [-0.05, 0) is 24.5 Å². The fourth-order valence-corrected chi connectivity index (χ4v) is 3.05. The molecule has 2 aromatic rings. The smallest absolute Gasteiger partial charge is 0.270 e. The normalized spacial score (nSPS) is 15.8. The van der Waals surface area contributed by atoms with E-state index in [2.05, 4.69) is 21.8 Å². The van der Waals surface area contributed by atoms with Crippen molar-refractivity contribution in [3.63, 3.8) is 0 Å². The van der Waals surface area contributed by atoms with Crippen LogP contribution in [-0.4, -0.2) is 33.2 Å². The molecule has 1 aromatic heterocycles. The number of nitrogens with one attached hydrogen (secondary N) is 2. The van der Waals surface area contributed by atoms with Gasteiger partial charge in [0.2, 0.25) is 5.91 Å². The van der Waals surface area contributed by atoms with Crippen LogP contribution in [0, 0.1) is 11.3 Å². The maximum atomic E-state index is 12.9. The molecule has 0 aliphatic heterocycles. The van der Waals surface area contributed by atoms with Gasteiger partial charge in [0, 0.05) is 18.9 Å². The van der Waals surface area contributed by atoms with Crippen molar-refractivity contribution in [3.8, 4) is 6.07 Å². The van der Waals surface area contributed by atoms with E-state index < -0.39 is 11.6 Å². The van der Waals surface area contributed by atoms with E-state index in [0.717, 1.165) is 11.3 Å². The zero-order valence-corrected chi connectivity index (χ0v) is 17.3. The average Bonchev–Trinajstić information content (AvgIpc) is 3.32. The van der Waals surface area contributed by atoms with Gasteiger partial charge in [-0.3, -0.25) is 14.3 Å². The van der Waals surface area contributed by atoms with E-state index in [-0.39, 0.29) is 17.2 Å². The molecule has 2 N–H and O–H groups in total. The Hall–Kier alpha value is -3.14. The zero-order valence-electron chi connectivity index (χ0n) is 17.3. The second-order valence-corrected chi connectivity index (χ2v) is 8.69. The number of aromatic nitrogens is 2. The van der Waals surface area contributed by atoms with Crippen LogP contribution in [0.1, 0.15) is 55.4 Å². The van der Waals surface area contributed by atoms with Crippen molar-refractivity contribution in [2.24, 2.45) is 7.05 Å². The minimum atomic E-state index is -0.789. The van der Waals surface area contributed by atoms with E-state index in [4.69, 9.17) is 0 Å². The lowest BCUT2D eigenvalue weighted by molar-refractivity contribution is -0.123. The van der Waals surface area contributed by atoms with Gasteiger partial charge >= 0.3 is 0 Å². The molecule has 29 heavy (non-hydrogen) atoms. The monoisotopic (exact) mass is 393 g/mol. The lowest BCUT2D eigenvalue weighted by Gasteiger charge is -2.20. The fraction of sp³-hybridized carbons (Fsp3) is 0.455. The van der Waals surface area contributed by atoms with Crippen LogP contribution in [0.2, 0.25) is 0 Å². The third-order valence-corrected chi connectivity index (χ3v) is 5.11. The van der Waals surface area contributed by atoms with Gasteiger partial charge in [0.1, 0.15) is 17.3 Å². The van der Waals surface area contributed by atoms with Crippen LogP contribution in [-0.2, 0) is 23.7 Å². The molecule has 7 nitrogen and oxygen atoms in total. The largest absolute Gasteiger partial charge is 0.339 e. The van der Waals surface area contributed by atoms with Gasteiger partial charge in [-0.2, -0.15) is 10.4 Å². The topological polar surface area (TPSA) is 99.8 Å². The van der Waals surface area contributed by atoms with E-state index in [1.165, 1.54) is 4.68 Å². The summed E-state index contributed by atoms with van der Waals surface area (Å²) in [5.74, 6) is -0.715. The van der Waals surface area contributed by atoms with E-state index in [9.17, 15) is 14.9 Å². The van der Waals surface area contributed by atoms with Crippen LogP contribution in [0.3, 0.4) is 0 Å². The maximum Gasteiger partial charge on any atom is 0.270 e. The highest BCUT2D eigenvalue weighted by Crippen LogP contribution is 2.34. The molecule has 152 valence electrons. The number of nitriles is 1. The Kier molecular flexibility index (Phi) is 5.47. The number of nitrogens with zero attached hydrogens (tertiary/aromatic N) is 3. The molecule has 1 aliphatic rings. The number of aryl methyl sites for hydroxylation is 1. The van der Waals surface area contributed by atoms with Crippen molar-refractivity contribution in [2.45, 2.75) is 57.0 Å². The first-order chi connectivity index (χ1) is 13.6. The quantitative estimate of drug-likeness (QED) is 0.786. The Balaban J connectivity index is 1.80. The van der Waals surface area contributed by atoms with Crippen LogP contribution in [0.25, 0.3) is 0 Å². The highest BCUT2D eigenvalue weighted by atomic mass is 16.2.